The molecule has 0 radical (unpaired) electrons. The standard InChI is InChI=1S/C26H29N3O4/c1-31-20-6-8-22-21(16-20)27-26(23-5-2-12-29(22)23)17-25(33-18-26)10-13-28(14-11-25)24(30)9-7-19-4-3-15-32-19/h2-6,8,12,15-16,27H,7,9-11,13-14,17-18H2,1H3. The molecule has 0 bridgehead atoms. The quantitative estimate of drug-likeness (QED) is 0.652. The van der Waals surface area contributed by atoms with Gasteiger partial charge in [0.25, 0.3) is 0 Å². The number of piperidine rings is 1. The Kier molecular flexibility index (Phi) is 4.76. The molecular formula is C26H29N3O4. The highest BCUT2D eigenvalue weighted by atomic mass is 16.5. The lowest BCUT2D eigenvalue weighted by Gasteiger charge is -2.41. The van der Waals surface area contributed by atoms with Gasteiger partial charge in [-0.2, -0.15) is 0 Å². The van der Waals surface area contributed by atoms with Crippen molar-refractivity contribution < 1.29 is 18.7 Å². The minimum Gasteiger partial charge on any atom is -0.497 e. The van der Waals surface area contributed by atoms with Gasteiger partial charge in [0.05, 0.1) is 42.6 Å². The minimum absolute atomic E-state index is 0.194. The van der Waals surface area contributed by atoms with Crippen LogP contribution < -0.4 is 10.1 Å². The molecule has 1 aromatic carbocycles. The van der Waals surface area contributed by atoms with Crippen LogP contribution in [-0.4, -0.2) is 47.8 Å². The molecule has 6 rings (SSSR count). The van der Waals surface area contributed by atoms with E-state index < -0.39 is 0 Å². The number of carbonyl (C=O) groups is 1. The number of anilines is 1. The van der Waals surface area contributed by atoms with E-state index in [2.05, 4.69) is 40.3 Å². The number of furan rings is 1. The van der Waals surface area contributed by atoms with Gasteiger partial charge in [-0.25, -0.2) is 0 Å². The third kappa shape index (κ3) is 3.42. The summed E-state index contributed by atoms with van der Waals surface area (Å²) in [5, 5.41) is 3.81. The van der Waals surface area contributed by atoms with Crippen molar-refractivity contribution in [1.29, 1.82) is 0 Å². The van der Waals surface area contributed by atoms with Crippen LogP contribution >= 0.6 is 0 Å². The fraction of sp³-hybridized carbons (Fsp3) is 0.423. The van der Waals surface area contributed by atoms with E-state index in [0.717, 1.165) is 55.2 Å². The Labute approximate surface area is 193 Å². The smallest absolute Gasteiger partial charge is 0.223 e. The summed E-state index contributed by atoms with van der Waals surface area (Å²) < 4.78 is 19.7. The number of nitrogens with one attached hydrogen (secondary N) is 1. The lowest BCUT2D eigenvalue weighted by molar-refractivity contribution is -0.136. The summed E-state index contributed by atoms with van der Waals surface area (Å²) in [7, 11) is 1.69. The first-order chi connectivity index (χ1) is 16.1. The monoisotopic (exact) mass is 447 g/mol. The predicted molar refractivity (Wildman–Crippen MR) is 124 cm³/mol. The molecule has 1 unspecified atom stereocenters. The van der Waals surface area contributed by atoms with Crippen LogP contribution in [0.4, 0.5) is 5.69 Å². The van der Waals surface area contributed by atoms with Gasteiger partial charge in [0.15, 0.2) is 0 Å². The van der Waals surface area contributed by atoms with Crippen molar-refractivity contribution in [1.82, 2.24) is 9.47 Å². The normalized spacial score (nSPS) is 22.8. The number of rotatable bonds is 4. The summed E-state index contributed by atoms with van der Waals surface area (Å²) in [5.74, 6) is 1.89. The molecule has 33 heavy (non-hydrogen) atoms. The molecule has 2 spiro atoms. The van der Waals surface area contributed by atoms with Crippen LogP contribution in [0.25, 0.3) is 5.69 Å². The fourth-order valence-electron chi connectivity index (χ4n) is 5.76. The van der Waals surface area contributed by atoms with E-state index in [1.807, 2.05) is 23.1 Å². The fourth-order valence-corrected chi connectivity index (χ4v) is 5.76. The second-order valence-electron chi connectivity index (χ2n) is 9.46. The van der Waals surface area contributed by atoms with E-state index in [0.29, 0.717) is 19.4 Å². The number of amides is 1. The van der Waals surface area contributed by atoms with Crippen LogP contribution in [-0.2, 0) is 21.5 Å². The van der Waals surface area contributed by atoms with E-state index in [1.165, 1.54) is 5.69 Å². The van der Waals surface area contributed by atoms with Gasteiger partial charge in [0.2, 0.25) is 5.91 Å². The Balaban J connectivity index is 1.17. The zero-order valence-electron chi connectivity index (χ0n) is 18.9. The highest BCUT2D eigenvalue weighted by Gasteiger charge is 2.54. The lowest BCUT2D eigenvalue weighted by atomic mass is 9.79. The number of benzene rings is 1. The third-order valence-electron chi connectivity index (χ3n) is 7.52. The Morgan fingerprint density at radius 3 is 2.85 bits per heavy atom. The van der Waals surface area contributed by atoms with E-state index in [4.69, 9.17) is 13.9 Å². The largest absolute Gasteiger partial charge is 0.497 e. The molecule has 3 aliphatic heterocycles. The highest BCUT2D eigenvalue weighted by Crippen LogP contribution is 2.50. The Morgan fingerprint density at radius 1 is 1.18 bits per heavy atom. The second-order valence-corrected chi connectivity index (χ2v) is 9.46. The molecule has 3 aromatic rings. The van der Waals surface area contributed by atoms with Crippen molar-refractivity contribution >= 4 is 11.6 Å². The summed E-state index contributed by atoms with van der Waals surface area (Å²) in [5.41, 5.74) is 2.92. The van der Waals surface area contributed by atoms with Crippen molar-refractivity contribution in [2.75, 3.05) is 32.1 Å². The van der Waals surface area contributed by atoms with Crippen molar-refractivity contribution in [2.24, 2.45) is 0 Å². The number of fused-ring (bicyclic) bond motifs is 4. The molecule has 0 saturated carbocycles. The number of nitrogens with zero attached hydrogens (tertiary/aromatic N) is 2. The lowest BCUT2D eigenvalue weighted by Crippen LogP contribution is -2.48. The van der Waals surface area contributed by atoms with Crippen molar-refractivity contribution in [3.8, 4) is 11.4 Å². The number of likely N-dealkylation sites (tertiary alicyclic amines) is 1. The summed E-state index contributed by atoms with van der Waals surface area (Å²) >= 11 is 0. The van der Waals surface area contributed by atoms with Gasteiger partial charge in [-0.3, -0.25) is 4.79 Å². The van der Waals surface area contributed by atoms with E-state index in [9.17, 15) is 4.79 Å². The number of hydrogen-bond acceptors (Lipinski definition) is 5. The molecule has 172 valence electrons. The predicted octanol–water partition coefficient (Wildman–Crippen LogP) is 4.11. The maximum Gasteiger partial charge on any atom is 0.223 e. The first-order valence-corrected chi connectivity index (χ1v) is 11.7. The molecule has 1 N–H and O–H groups in total. The maximum absolute atomic E-state index is 12.7. The van der Waals surface area contributed by atoms with E-state index in [1.54, 1.807) is 13.4 Å². The van der Waals surface area contributed by atoms with Crippen LogP contribution in [0.2, 0.25) is 0 Å². The number of aromatic nitrogens is 1. The highest BCUT2D eigenvalue weighted by molar-refractivity contribution is 5.76. The Bertz CT molecular complexity index is 1160. The minimum atomic E-state index is -0.283. The summed E-state index contributed by atoms with van der Waals surface area (Å²) in [4.78, 5) is 14.7. The van der Waals surface area contributed by atoms with Gasteiger partial charge >= 0.3 is 0 Å². The molecule has 2 fully saturated rings. The van der Waals surface area contributed by atoms with Gasteiger partial charge in [0.1, 0.15) is 17.0 Å². The zero-order valence-corrected chi connectivity index (χ0v) is 18.9. The number of ether oxygens (including phenoxy) is 2. The van der Waals surface area contributed by atoms with Gasteiger partial charge < -0.3 is 28.7 Å². The summed E-state index contributed by atoms with van der Waals surface area (Å²) in [6.07, 6.45) is 7.50. The Morgan fingerprint density at radius 2 is 2.06 bits per heavy atom. The zero-order chi connectivity index (χ0) is 22.5. The van der Waals surface area contributed by atoms with Crippen LogP contribution in [0.5, 0.6) is 5.75 Å². The number of methoxy groups -OCH3 is 1. The molecule has 5 heterocycles. The Hall–Kier alpha value is -3.19. The van der Waals surface area contributed by atoms with Gasteiger partial charge in [-0.1, -0.05) is 0 Å². The molecule has 2 saturated heterocycles. The van der Waals surface area contributed by atoms with Crippen molar-refractivity contribution in [3.05, 3.63) is 66.4 Å². The van der Waals surface area contributed by atoms with E-state index >= 15 is 0 Å². The van der Waals surface area contributed by atoms with Gasteiger partial charge in [-0.15, -0.1) is 0 Å². The number of hydrogen-bond donors (Lipinski definition) is 1. The average Bonchev–Trinajstić information content (AvgIpc) is 3.60. The molecule has 0 aliphatic carbocycles. The van der Waals surface area contributed by atoms with Gasteiger partial charge in [-0.05, 0) is 49.2 Å². The van der Waals surface area contributed by atoms with Crippen LogP contribution in [0.15, 0.2) is 59.3 Å². The number of carbonyl (C=O) groups excluding carboxylic acids is 1. The van der Waals surface area contributed by atoms with Crippen LogP contribution in [0.3, 0.4) is 0 Å². The SMILES string of the molecule is COc1ccc2c(c1)NC1(COC3(CCN(C(=O)CCc4ccco4)CC3)C1)c1cccn1-2. The summed E-state index contributed by atoms with van der Waals surface area (Å²) in [6.45, 7) is 2.08. The van der Waals surface area contributed by atoms with E-state index in [-0.39, 0.29) is 17.0 Å². The van der Waals surface area contributed by atoms with Crippen LogP contribution in [0, 0.1) is 0 Å². The topological polar surface area (TPSA) is 68.9 Å². The molecule has 3 aliphatic rings. The molecular weight excluding hydrogens is 418 g/mol. The van der Waals surface area contributed by atoms with Crippen LogP contribution in [0.1, 0.15) is 37.1 Å². The molecule has 1 atom stereocenters. The van der Waals surface area contributed by atoms with Crippen molar-refractivity contribution in [2.45, 2.75) is 43.2 Å². The maximum atomic E-state index is 12.7. The second kappa shape index (κ2) is 7.70. The number of aryl methyl sites for hydroxylation is 1. The van der Waals surface area contributed by atoms with Crippen molar-refractivity contribution in [3.63, 3.8) is 0 Å². The summed E-state index contributed by atoms with van der Waals surface area (Å²) in [6, 6.07) is 14.2. The molecule has 7 heteroatoms. The first kappa shape index (κ1) is 20.4. The third-order valence-corrected chi connectivity index (χ3v) is 7.52. The first-order valence-electron chi connectivity index (χ1n) is 11.7. The average molecular weight is 448 g/mol. The molecule has 2 aromatic heterocycles. The molecule has 7 nitrogen and oxygen atoms in total. The molecule has 1 amide bonds. The van der Waals surface area contributed by atoms with Gasteiger partial charge in [0, 0.05) is 44.6 Å².